The fourth-order valence-corrected chi connectivity index (χ4v) is 5.45. The molecule has 0 amide bonds. The maximum absolute atomic E-state index is 12.3. The van der Waals surface area contributed by atoms with Crippen LogP contribution in [0.1, 0.15) is 40.1 Å². The lowest BCUT2D eigenvalue weighted by Crippen LogP contribution is -2.04. The van der Waals surface area contributed by atoms with Crippen LogP contribution in [0.3, 0.4) is 0 Å². The molecule has 1 aliphatic rings. The minimum absolute atomic E-state index is 0.0240. The fraction of sp³-hybridized carbons (Fsp3) is 0.316. The number of hydrogen-bond donors (Lipinski definition) is 1. The third-order valence-corrected chi connectivity index (χ3v) is 6.86. The first-order valence-corrected chi connectivity index (χ1v) is 10.8. The number of anilines is 1. The summed E-state index contributed by atoms with van der Waals surface area (Å²) in [7, 11) is 0. The lowest BCUT2D eigenvalue weighted by molar-refractivity contribution is 0.102. The molecule has 0 bridgehead atoms. The zero-order valence-corrected chi connectivity index (χ0v) is 16.5. The van der Waals surface area contributed by atoms with Crippen molar-refractivity contribution in [3.8, 4) is 0 Å². The van der Waals surface area contributed by atoms with E-state index >= 15 is 0 Å². The van der Waals surface area contributed by atoms with Gasteiger partial charge in [-0.15, -0.1) is 11.3 Å². The fourth-order valence-electron chi connectivity index (χ4n) is 3.26. The van der Waals surface area contributed by atoms with Gasteiger partial charge in [0.25, 0.3) is 0 Å². The highest BCUT2D eigenvalue weighted by molar-refractivity contribution is 7.99. The van der Waals surface area contributed by atoms with Gasteiger partial charge in [-0.25, -0.2) is 9.97 Å². The Kier molecular flexibility index (Phi) is 5.16. The third kappa shape index (κ3) is 3.59. The van der Waals surface area contributed by atoms with Crippen molar-refractivity contribution in [2.75, 3.05) is 11.5 Å². The summed E-state index contributed by atoms with van der Waals surface area (Å²) in [6.45, 7) is 0. The Morgan fingerprint density at radius 3 is 2.73 bits per heavy atom. The molecule has 0 fully saturated rings. The van der Waals surface area contributed by atoms with Crippen molar-refractivity contribution in [2.45, 2.75) is 37.3 Å². The van der Waals surface area contributed by atoms with Gasteiger partial charge in [-0.1, -0.05) is 29.8 Å². The quantitative estimate of drug-likeness (QED) is 0.281. The summed E-state index contributed by atoms with van der Waals surface area (Å²) in [5, 5.41) is 2.21. The Labute approximate surface area is 165 Å². The summed E-state index contributed by atoms with van der Waals surface area (Å²) in [5.41, 5.74) is 8.23. The number of nitrogens with two attached hydrogens (primary N) is 1. The number of carbonyl (C=O) groups excluding carboxylic acids is 1. The highest BCUT2D eigenvalue weighted by Gasteiger charge is 2.19. The molecule has 0 radical (unpaired) electrons. The summed E-state index contributed by atoms with van der Waals surface area (Å²) < 4.78 is 0. The largest absolute Gasteiger partial charge is 0.383 e. The van der Waals surface area contributed by atoms with Crippen molar-refractivity contribution in [1.29, 1.82) is 0 Å². The van der Waals surface area contributed by atoms with Crippen LogP contribution in [0.5, 0.6) is 0 Å². The Morgan fingerprint density at radius 2 is 1.92 bits per heavy atom. The highest BCUT2D eigenvalue weighted by Crippen LogP contribution is 2.38. The number of carbonyl (C=O) groups is 1. The van der Waals surface area contributed by atoms with Crippen LogP contribution in [0.15, 0.2) is 29.4 Å². The molecule has 26 heavy (non-hydrogen) atoms. The average Bonchev–Trinajstić information content (AvgIpc) is 2.82. The first-order chi connectivity index (χ1) is 12.6. The van der Waals surface area contributed by atoms with Gasteiger partial charge in [0.05, 0.1) is 11.1 Å². The normalized spacial score (nSPS) is 14.2. The molecule has 3 aromatic rings. The number of Topliss-reactive ketones (excluding diaryl/α,β-unsaturated/α-hetero) is 1. The predicted octanol–water partition coefficient (Wildman–Crippen LogP) is 5.17. The maximum atomic E-state index is 12.3. The standard InChI is InChI=1S/C19H18ClN3OS2/c20-12-8-6-11(7-9-12)14(24)10-25-19-22-17(21)16-13-4-2-1-3-5-15(13)26-18(16)23-19/h6-9H,1-5,10H2,(H2,21,22,23). The number of thiophene rings is 1. The average molecular weight is 404 g/mol. The summed E-state index contributed by atoms with van der Waals surface area (Å²) in [6, 6.07) is 6.91. The number of aromatic nitrogens is 2. The molecule has 2 heterocycles. The zero-order chi connectivity index (χ0) is 18.1. The van der Waals surface area contributed by atoms with E-state index in [4.69, 9.17) is 17.3 Å². The number of rotatable bonds is 4. The van der Waals surface area contributed by atoms with Gasteiger partial charge in [0.2, 0.25) is 0 Å². The van der Waals surface area contributed by atoms with Gasteiger partial charge < -0.3 is 5.73 Å². The minimum atomic E-state index is 0.0240. The predicted molar refractivity (Wildman–Crippen MR) is 110 cm³/mol. The molecule has 0 unspecified atom stereocenters. The summed E-state index contributed by atoms with van der Waals surface area (Å²) in [6.07, 6.45) is 5.86. The number of nitrogen functional groups attached to an aromatic ring is 1. The van der Waals surface area contributed by atoms with Crippen LogP contribution in [0.4, 0.5) is 5.82 Å². The molecule has 4 nitrogen and oxygen atoms in total. The topological polar surface area (TPSA) is 68.9 Å². The summed E-state index contributed by atoms with van der Waals surface area (Å²) >= 11 is 8.92. The van der Waals surface area contributed by atoms with Crippen LogP contribution in [0.2, 0.25) is 5.02 Å². The molecule has 7 heteroatoms. The van der Waals surface area contributed by atoms with Crippen LogP contribution in [-0.2, 0) is 12.8 Å². The van der Waals surface area contributed by atoms with E-state index in [-0.39, 0.29) is 11.5 Å². The Balaban J connectivity index is 1.56. The van der Waals surface area contributed by atoms with E-state index in [0.29, 0.717) is 21.6 Å². The number of aryl methyl sites for hydroxylation is 2. The van der Waals surface area contributed by atoms with Crippen molar-refractivity contribution < 1.29 is 4.79 Å². The van der Waals surface area contributed by atoms with Crippen molar-refractivity contribution in [1.82, 2.24) is 9.97 Å². The van der Waals surface area contributed by atoms with Gasteiger partial charge in [0.15, 0.2) is 10.9 Å². The van der Waals surface area contributed by atoms with Crippen molar-refractivity contribution in [2.24, 2.45) is 0 Å². The summed E-state index contributed by atoms with van der Waals surface area (Å²) in [5.74, 6) is 0.837. The first-order valence-electron chi connectivity index (χ1n) is 8.61. The van der Waals surface area contributed by atoms with Gasteiger partial charge >= 0.3 is 0 Å². The number of hydrogen-bond acceptors (Lipinski definition) is 6. The second kappa shape index (κ2) is 7.55. The van der Waals surface area contributed by atoms with E-state index in [1.807, 2.05) is 0 Å². The van der Waals surface area contributed by atoms with Gasteiger partial charge in [0, 0.05) is 15.5 Å². The number of benzene rings is 1. The minimum Gasteiger partial charge on any atom is -0.383 e. The number of thioether (sulfide) groups is 1. The Hall–Kier alpha value is -1.63. The lowest BCUT2D eigenvalue weighted by atomic mass is 10.1. The van der Waals surface area contributed by atoms with E-state index in [9.17, 15) is 4.79 Å². The molecule has 134 valence electrons. The molecular weight excluding hydrogens is 386 g/mol. The molecule has 4 rings (SSSR count). The van der Waals surface area contributed by atoms with E-state index in [0.717, 1.165) is 23.1 Å². The monoisotopic (exact) mass is 403 g/mol. The molecule has 2 aromatic heterocycles. The van der Waals surface area contributed by atoms with E-state index in [1.165, 1.54) is 41.5 Å². The first kappa shape index (κ1) is 17.8. The second-order valence-corrected chi connectivity index (χ2v) is 8.82. The number of ketones is 1. The van der Waals surface area contributed by atoms with Crippen LogP contribution in [0.25, 0.3) is 10.2 Å². The molecule has 0 saturated carbocycles. The number of halogens is 1. The van der Waals surface area contributed by atoms with Gasteiger partial charge in [0.1, 0.15) is 10.6 Å². The molecule has 1 aliphatic carbocycles. The van der Waals surface area contributed by atoms with Crippen LogP contribution < -0.4 is 5.73 Å². The van der Waals surface area contributed by atoms with E-state index in [1.54, 1.807) is 35.6 Å². The van der Waals surface area contributed by atoms with Crippen LogP contribution in [0, 0.1) is 0 Å². The Bertz CT molecular complexity index is 969. The zero-order valence-electron chi connectivity index (χ0n) is 14.1. The van der Waals surface area contributed by atoms with Gasteiger partial charge in [-0.3, -0.25) is 4.79 Å². The second-order valence-electron chi connectivity index (χ2n) is 6.35. The number of nitrogens with zero attached hydrogens (tertiary/aromatic N) is 2. The van der Waals surface area contributed by atoms with Crippen molar-refractivity contribution >= 4 is 56.5 Å². The molecule has 0 saturated heterocycles. The summed E-state index contributed by atoms with van der Waals surface area (Å²) in [4.78, 5) is 23.8. The third-order valence-electron chi connectivity index (χ3n) is 4.57. The molecular formula is C19H18ClN3OS2. The molecule has 2 N–H and O–H groups in total. The van der Waals surface area contributed by atoms with Gasteiger partial charge in [-0.05, 0) is 55.5 Å². The van der Waals surface area contributed by atoms with E-state index in [2.05, 4.69) is 9.97 Å². The molecule has 1 aromatic carbocycles. The lowest BCUT2D eigenvalue weighted by Gasteiger charge is -2.04. The molecule has 0 aliphatic heterocycles. The smallest absolute Gasteiger partial charge is 0.191 e. The van der Waals surface area contributed by atoms with Gasteiger partial charge in [-0.2, -0.15) is 0 Å². The van der Waals surface area contributed by atoms with Crippen LogP contribution >= 0.6 is 34.7 Å². The number of fused-ring (bicyclic) bond motifs is 3. The maximum Gasteiger partial charge on any atom is 0.191 e. The van der Waals surface area contributed by atoms with Crippen LogP contribution in [-0.4, -0.2) is 21.5 Å². The van der Waals surface area contributed by atoms with Crippen molar-refractivity contribution in [3.05, 3.63) is 45.3 Å². The van der Waals surface area contributed by atoms with Crippen molar-refractivity contribution in [3.63, 3.8) is 0 Å². The highest BCUT2D eigenvalue weighted by atomic mass is 35.5. The SMILES string of the molecule is Nc1nc(SCC(=O)c2ccc(Cl)cc2)nc2sc3c(c12)CCCCC3. The molecule has 0 atom stereocenters. The van der Waals surface area contributed by atoms with E-state index < -0.39 is 0 Å². The Morgan fingerprint density at radius 1 is 1.15 bits per heavy atom. The molecule has 0 spiro atoms.